The Balaban J connectivity index is 1.65. The molecule has 0 bridgehead atoms. The fourth-order valence-electron chi connectivity index (χ4n) is 2.60. The highest BCUT2D eigenvalue weighted by molar-refractivity contribution is 7.89. The van der Waals surface area contributed by atoms with Crippen molar-refractivity contribution in [1.82, 2.24) is 19.7 Å². The fourth-order valence-corrected chi connectivity index (χ4v) is 3.60. The zero-order valence-corrected chi connectivity index (χ0v) is 15.8. The van der Waals surface area contributed by atoms with E-state index in [0.717, 1.165) is 5.56 Å². The number of nitrogens with one attached hydrogen (secondary N) is 1. The van der Waals surface area contributed by atoms with Crippen LogP contribution in [0.25, 0.3) is 0 Å². The van der Waals surface area contributed by atoms with Crippen molar-refractivity contribution in [1.29, 1.82) is 0 Å². The van der Waals surface area contributed by atoms with E-state index in [-0.39, 0.29) is 17.1 Å². The van der Waals surface area contributed by atoms with E-state index in [9.17, 15) is 18.5 Å². The van der Waals surface area contributed by atoms with Gasteiger partial charge in [0.15, 0.2) is 0 Å². The van der Waals surface area contributed by atoms with Gasteiger partial charge in [0.1, 0.15) is 0 Å². The molecule has 10 nitrogen and oxygen atoms in total. The molecule has 3 aromatic rings. The van der Waals surface area contributed by atoms with Crippen LogP contribution >= 0.6 is 0 Å². The molecule has 0 spiro atoms. The van der Waals surface area contributed by atoms with E-state index < -0.39 is 14.9 Å². The van der Waals surface area contributed by atoms with Crippen molar-refractivity contribution >= 4 is 21.4 Å². The first kappa shape index (κ1) is 19.5. The summed E-state index contributed by atoms with van der Waals surface area (Å²) in [5.74, 6) is 0. The van der Waals surface area contributed by atoms with Gasteiger partial charge < -0.3 is 5.73 Å². The van der Waals surface area contributed by atoms with E-state index in [1.807, 2.05) is 0 Å². The first-order valence-electron chi connectivity index (χ1n) is 8.23. The minimum Gasteiger partial charge on any atom is -0.399 e. The summed E-state index contributed by atoms with van der Waals surface area (Å²) < 4.78 is 28.5. The van der Waals surface area contributed by atoms with Crippen LogP contribution in [0.1, 0.15) is 16.8 Å². The molecule has 1 heterocycles. The molecule has 3 N–H and O–H groups in total. The van der Waals surface area contributed by atoms with Gasteiger partial charge in [0.05, 0.1) is 34.8 Å². The second kappa shape index (κ2) is 7.74. The van der Waals surface area contributed by atoms with Crippen LogP contribution in [-0.4, -0.2) is 28.3 Å². The van der Waals surface area contributed by atoms with Crippen LogP contribution < -0.4 is 10.5 Å². The van der Waals surface area contributed by atoms with Crippen molar-refractivity contribution in [3.8, 4) is 0 Å². The summed E-state index contributed by atoms with van der Waals surface area (Å²) in [5.41, 5.74) is 7.91. The minimum atomic E-state index is -3.69. The number of benzene rings is 2. The highest BCUT2D eigenvalue weighted by Gasteiger charge is 2.15. The number of rotatable bonds is 7. The molecule has 28 heavy (non-hydrogen) atoms. The zero-order chi connectivity index (χ0) is 20.3. The standard InChI is InChI=1S/C17H18N6O4S/c1-12-8-13(2-7-17(12)23(24)25)10-22-11-15(20-21-22)9-19-28(26,27)16-5-3-14(18)4-6-16/h2-8,11,19H,9-10,18H2,1H3. The second-order valence-corrected chi connectivity index (χ2v) is 7.95. The van der Waals surface area contributed by atoms with E-state index >= 15 is 0 Å². The maximum atomic E-state index is 12.3. The summed E-state index contributed by atoms with van der Waals surface area (Å²) in [7, 11) is -3.69. The van der Waals surface area contributed by atoms with Crippen molar-refractivity contribution < 1.29 is 13.3 Å². The van der Waals surface area contributed by atoms with Crippen molar-refractivity contribution in [3.63, 3.8) is 0 Å². The van der Waals surface area contributed by atoms with E-state index in [0.29, 0.717) is 23.5 Å². The smallest absolute Gasteiger partial charge is 0.272 e. The number of nitrogens with zero attached hydrogens (tertiary/aromatic N) is 4. The van der Waals surface area contributed by atoms with Crippen molar-refractivity contribution in [2.75, 3.05) is 5.73 Å². The Bertz CT molecular complexity index is 1110. The SMILES string of the molecule is Cc1cc(Cn2cc(CNS(=O)(=O)c3ccc(N)cc3)nn2)ccc1[N+](=O)[O-]. The molecule has 0 aliphatic carbocycles. The molecule has 1 aromatic heterocycles. The van der Waals surface area contributed by atoms with Crippen LogP contribution in [0.4, 0.5) is 11.4 Å². The fraction of sp³-hybridized carbons (Fsp3) is 0.176. The summed E-state index contributed by atoms with van der Waals surface area (Å²) in [6, 6.07) is 10.7. The summed E-state index contributed by atoms with van der Waals surface area (Å²) in [4.78, 5) is 10.6. The Hall–Kier alpha value is -3.31. The number of hydrogen-bond donors (Lipinski definition) is 2. The molecule has 11 heteroatoms. The molecular formula is C17H18N6O4S. The lowest BCUT2D eigenvalue weighted by Gasteiger charge is -2.05. The predicted molar refractivity (Wildman–Crippen MR) is 102 cm³/mol. The number of anilines is 1. The lowest BCUT2D eigenvalue weighted by atomic mass is 10.1. The molecule has 0 atom stereocenters. The van der Waals surface area contributed by atoms with Crippen molar-refractivity contribution in [3.05, 3.63) is 75.6 Å². The average molecular weight is 402 g/mol. The van der Waals surface area contributed by atoms with Crippen LogP contribution in [-0.2, 0) is 23.1 Å². The van der Waals surface area contributed by atoms with Crippen LogP contribution in [0.3, 0.4) is 0 Å². The summed E-state index contributed by atoms with van der Waals surface area (Å²) in [6.07, 6.45) is 1.61. The lowest BCUT2D eigenvalue weighted by molar-refractivity contribution is -0.385. The molecule has 146 valence electrons. The Morgan fingerprint density at radius 3 is 2.57 bits per heavy atom. The summed E-state index contributed by atoms with van der Waals surface area (Å²) in [6.45, 7) is 2.00. The van der Waals surface area contributed by atoms with Crippen molar-refractivity contribution in [2.45, 2.75) is 24.9 Å². The molecule has 0 fully saturated rings. The zero-order valence-electron chi connectivity index (χ0n) is 14.9. The molecule has 0 radical (unpaired) electrons. The number of aryl methyl sites for hydroxylation is 1. The van der Waals surface area contributed by atoms with Crippen LogP contribution in [0.15, 0.2) is 53.6 Å². The summed E-state index contributed by atoms with van der Waals surface area (Å²) in [5, 5.41) is 18.8. The molecule has 2 aromatic carbocycles. The van der Waals surface area contributed by atoms with Gasteiger partial charge in [-0.1, -0.05) is 11.3 Å². The third-order valence-corrected chi connectivity index (χ3v) is 5.44. The highest BCUT2D eigenvalue weighted by atomic mass is 32.2. The van der Waals surface area contributed by atoms with Crippen LogP contribution in [0.5, 0.6) is 0 Å². The number of sulfonamides is 1. The van der Waals surface area contributed by atoms with E-state index in [4.69, 9.17) is 5.73 Å². The van der Waals surface area contributed by atoms with Crippen molar-refractivity contribution in [2.24, 2.45) is 0 Å². The van der Waals surface area contributed by atoms with Gasteiger partial charge in [-0.25, -0.2) is 17.8 Å². The first-order valence-corrected chi connectivity index (χ1v) is 9.71. The molecule has 0 amide bonds. The predicted octanol–water partition coefficient (Wildman–Crippen LogP) is 1.60. The number of hydrogen-bond acceptors (Lipinski definition) is 7. The first-order chi connectivity index (χ1) is 13.2. The average Bonchev–Trinajstić information content (AvgIpc) is 3.08. The van der Waals surface area contributed by atoms with Gasteiger partial charge in [-0.2, -0.15) is 0 Å². The topological polar surface area (TPSA) is 146 Å². The van der Waals surface area contributed by atoms with E-state index in [1.54, 1.807) is 25.3 Å². The second-order valence-electron chi connectivity index (χ2n) is 6.18. The molecule has 3 rings (SSSR count). The van der Waals surface area contributed by atoms with Gasteiger partial charge in [-0.05, 0) is 42.8 Å². The van der Waals surface area contributed by atoms with E-state index in [2.05, 4.69) is 15.0 Å². The maximum Gasteiger partial charge on any atom is 0.272 e. The minimum absolute atomic E-state index is 0.0218. The maximum absolute atomic E-state index is 12.3. The Morgan fingerprint density at radius 2 is 1.93 bits per heavy atom. The summed E-state index contributed by atoms with van der Waals surface area (Å²) >= 11 is 0. The Morgan fingerprint density at radius 1 is 1.21 bits per heavy atom. The van der Waals surface area contributed by atoms with Crippen LogP contribution in [0, 0.1) is 17.0 Å². The van der Waals surface area contributed by atoms with Gasteiger partial charge in [-0.15, -0.1) is 5.10 Å². The molecular weight excluding hydrogens is 384 g/mol. The number of aromatic nitrogens is 3. The normalized spacial score (nSPS) is 11.5. The number of nitro groups is 1. The third-order valence-electron chi connectivity index (χ3n) is 4.02. The largest absolute Gasteiger partial charge is 0.399 e. The highest BCUT2D eigenvalue weighted by Crippen LogP contribution is 2.19. The number of nitrogen functional groups attached to an aromatic ring is 1. The van der Waals surface area contributed by atoms with Crippen LogP contribution in [0.2, 0.25) is 0 Å². The monoisotopic (exact) mass is 402 g/mol. The lowest BCUT2D eigenvalue weighted by Crippen LogP contribution is -2.23. The Kier molecular flexibility index (Phi) is 5.38. The number of nitro benzene ring substituents is 1. The Labute approximate surface area is 161 Å². The molecule has 0 saturated carbocycles. The van der Waals surface area contributed by atoms with Gasteiger partial charge >= 0.3 is 0 Å². The van der Waals surface area contributed by atoms with Gasteiger partial charge in [0.2, 0.25) is 10.0 Å². The third kappa shape index (κ3) is 4.50. The quantitative estimate of drug-likeness (QED) is 0.347. The van der Waals surface area contributed by atoms with Gasteiger partial charge in [0.25, 0.3) is 5.69 Å². The number of nitrogens with two attached hydrogens (primary N) is 1. The molecule has 0 unspecified atom stereocenters. The van der Waals surface area contributed by atoms with Gasteiger partial charge in [0, 0.05) is 17.3 Å². The van der Waals surface area contributed by atoms with E-state index in [1.165, 1.54) is 35.0 Å². The van der Waals surface area contributed by atoms with Gasteiger partial charge in [-0.3, -0.25) is 10.1 Å². The molecule has 0 saturated heterocycles. The molecule has 0 aliphatic heterocycles. The molecule has 0 aliphatic rings.